The lowest BCUT2D eigenvalue weighted by Gasteiger charge is -2.09. The molecule has 0 atom stereocenters. The van der Waals surface area contributed by atoms with Crippen LogP contribution in [0.3, 0.4) is 0 Å². The van der Waals surface area contributed by atoms with E-state index in [0.717, 1.165) is 16.7 Å². The minimum atomic E-state index is -0.571. The van der Waals surface area contributed by atoms with Crippen molar-refractivity contribution < 1.29 is 18.7 Å². The molecule has 170 valence electrons. The van der Waals surface area contributed by atoms with Crippen LogP contribution in [0.15, 0.2) is 90.5 Å². The maximum absolute atomic E-state index is 15.2. The fourth-order valence-corrected chi connectivity index (χ4v) is 4.23. The Kier molecular flexibility index (Phi) is 7.30. The van der Waals surface area contributed by atoms with Gasteiger partial charge in [0, 0.05) is 10.9 Å². The predicted octanol–water partition coefficient (Wildman–Crippen LogP) is 7.11. The van der Waals surface area contributed by atoms with Gasteiger partial charge in [-0.2, -0.15) is 0 Å². The molecular weight excluding hydrogens is 449 g/mol. The Morgan fingerprint density at radius 3 is 2.24 bits per heavy atom. The van der Waals surface area contributed by atoms with E-state index >= 15 is 4.39 Å². The molecule has 3 aromatic carbocycles. The molecule has 4 rings (SSSR count). The number of hydrogen-bond donors (Lipinski definition) is 0. The van der Waals surface area contributed by atoms with Gasteiger partial charge in [-0.3, -0.25) is 0 Å². The third-order valence-electron chi connectivity index (χ3n) is 5.17. The van der Waals surface area contributed by atoms with E-state index in [4.69, 9.17) is 9.47 Å². The highest BCUT2D eigenvalue weighted by molar-refractivity contribution is 7.11. The Bertz CT molecular complexity index is 1340. The number of carbonyl (C=O) groups is 1. The molecular formula is C28H22FNO3S. The summed E-state index contributed by atoms with van der Waals surface area (Å²) in [6, 6.07) is 25.1. The monoisotopic (exact) mass is 471 g/mol. The highest BCUT2D eigenvalue weighted by Gasteiger charge is 2.17. The number of methoxy groups -OCH3 is 2. The van der Waals surface area contributed by atoms with Crippen molar-refractivity contribution in [1.29, 1.82) is 0 Å². The van der Waals surface area contributed by atoms with Crippen LogP contribution in [-0.2, 0) is 14.3 Å². The van der Waals surface area contributed by atoms with Crippen LogP contribution in [0.2, 0.25) is 0 Å². The summed E-state index contributed by atoms with van der Waals surface area (Å²) in [6.45, 7) is 0. The maximum atomic E-state index is 15.2. The lowest BCUT2D eigenvalue weighted by Crippen LogP contribution is -2.05. The molecule has 1 heterocycles. The SMILES string of the molecule is COC=C(C(=O)OC)c1ccccc1C=C(F)c1nc(-c2ccc(-c3ccccc3)cc2)cs1. The number of ether oxygens (including phenoxy) is 2. The summed E-state index contributed by atoms with van der Waals surface area (Å²) in [5, 5.41) is 2.09. The number of hydrogen-bond acceptors (Lipinski definition) is 5. The van der Waals surface area contributed by atoms with Crippen LogP contribution >= 0.6 is 11.3 Å². The van der Waals surface area contributed by atoms with Crippen molar-refractivity contribution in [2.24, 2.45) is 0 Å². The topological polar surface area (TPSA) is 48.4 Å². The summed E-state index contributed by atoms with van der Waals surface area (Å²) in [4.78, 5) is 16.7. The Hall–Kier alpha value is -4.03. The second-order valence-electron chi connectivity index (χ2n) is 7.32. The van der Waals surface area contributed by atoms with Gasteiger partial charge in [0.15, 0.2) is 10.8 Å². The van der Waals surface area contributed by atoms with Crippen LogP contribution in [0, 0.1) is 0 Å². The van der Waals surface area contributed by atoms with Gasteiger partial charge in [-0.1, -0.05) is 78.9 Å². The molecule has 0 bridgehead atoms. The van der Waals surface area contributed by atoms with Crippen LogP contribution in [-0.4, -0.2) is 25.2 Å². The molecule has 6 heteroatoms. The first-order valence-electron chi connectivity index (χ1n) is 10.5. The van der Waals surface area contributed by atoms with Crippen LogP contribution in [0.4, 0.5) is 4.39 Å². The first-order chi connectivity index (χ1) is 16.6. The Morgan fingerprint density at radius 1 is 0.882 bits per heavy atom. The molecule has 34 heavy (non-hydrogen) atoms. The van der Waals surface area contributed by atoms with E-state index in [1.165, 1.54) is 37.9 Å². The largest absolute Gasteiger partial charge is 0.503 e. The first kappa shape index (κ1) is 23.1. The van der Waals surface area contributed by atoms with E-state index in [2.05, 4.69) is 17.1 Å². The zero-order chi connectivity index (χ0) is 23.9. The fourth-order valence-electron chi connectivity index (χ4n) is 3.50. The number of esters is 1. The molecule has 0 radical (unpaired) electrons. The number of aromatic nitrogens is 1. The summed E-state index contributed by atoms with van der Waals surface area (Å²) in [6.07, 6.45) is 2.65. The van der Waals surface area contributed by atoms with Crippen molar-refractivity contribution in [3.8, 4) is 22.4 Å². The molecule has 1 aromatic heterocycles. The van der Waals surface area contributed by atoms with Gasteiger partial charge in [0.1, 0.15) is 5.57 Å². The molecule has 0 aliphatic rings. The predicted molar refractivity (Wildman–Crippen MR) is 135 cm³/mol. The molecule has 0 saturated carbocycles. The van der Waals surface area contributed by atoms with Crippen molar-refractivity contribution in [1.82, 2.24) is 4.98 Å². The van der Waals surface area contributed by atoms with Crippen molar-refractivity contribution in [2.45, 2.75) is 0 Å². The van der Waals surface area contributed by atoms with Crippen molar-refractivity contribution in [2.75, 3.05) is 14.2 Å². The summed E-state index contributed by atoms with van der Waals surface area (Å²) >= 11 is 1.22. The second-order valence-corrected chi connectivity index (χ2v) is 8.18. The van der Waals surface area contributed by atoms with Gasteiger partial charge < -0.3 is 9.47 Å². The molecule has 0 fully saturated rings. The molecule has 0 aliphatic carbocycles. The maximum Gasteiger partial charge on any atom is 0.341 e. The first-order valence-corrected chi connectivity index (χ1v) is 11.4. The number of benzene rings is 3. The van der Waals surface area contributed by atoms with Crippen LogP contribution < -0.4 is 0 Å². The van der Waals surface area contributed by atoms with E-state index in [-0.39, 0.29) is 10.6 Å². The molecule has 0 unspecified atom stereocenters. The van der Waals surface area contributed by atoms with E-state index in [9.17, 15) is 4.79 Å². The second kappa shape index (κ2) is 10.7. The van der Waals surface area contributed by atoms with Gasteiger partial charge >= 0.3 is 5.97 Å². The Labute approximate surface area is 201 Å². The van der Waals surface area contributed by atoms with E-state index < -0.39 is 11.8 Å². The average Bonchev–Trinajstić information content (AvgIpc) is 3.39. The highest BCUT2D eigenvalue weighted by Crippen LogP contribution is 2.31. The van der Waals surface area contributed by atoms with Crippen molar-refractivity contribution in [3.05, 3.63) is 107 Å². The normalized spacial score (nSPS) is 11.9. The van der Waals surface area contributed by atoms with Crippen molar-refractivity contribution in [3.63, 3.8) is 0 Å². The smallest absolute Gasteiger partial charge is 0.341 e. The minimum absolute atomic E-state index is 0.197. The molecule has 0 aliphatic heterocycles. The summed E-state index contributed by atoms with van der Waals surface area (Å²) in [5.74, 6) is -1.06. The summed E-state index contributed by atoms with van der Waals surface area (Å²) < 4.78 is 25.1. The van der Waals surface area contributed by atoms with Crippen LogP contribution in [0.25, 0.3) is 39.9 Å². The van der Waals surface area contributed by atoms with Crippen molar-refractivity contribution >= 4 is 34.8 Å². The zero-order valence-corrected chi connectivity index (χ0v) is 19.5. The number of thiazole rings is 1. The lowest BCUT2D eigenvalue weighted by molar-refractivity contribution is -0.133. The molecule has 4 nitrogen and oxygen atoms in total. The molecule has 0 amide bonds. The summed E-state index contributed by atoms with van der Waals surface area (Å²) in [7, 11) is 2.72. The number of carbonyl (C=O) groups excluding carboxylic acids is 1. The van der Waals surface area contributed by atoms with Gasteiger partial charge in [-0.25, -0.2) is 14.2 Å². The van der Waals surface area contributed by atoms with Crippen LogP contribution in [0.1, 0.15) is 16.1 Å². The Morgan fingerprint density at radius 2 is 1.53 bits per heavy atom. The number of nitrogens with zero attached hydrogens (tertiary/aromatic N) is 1. The lowest BCUT2D eigenvalue weighted by atomic mass is 10.00. The number of halogens is 1. The van der Waals surface area contributed by atoms with Gasteiger partial charge in [-0.15, -0.1) is 11.3 Å². The Balaban J connectivity index is 1.61. The molecule has 0 spiro atoms. The fraction of sp³-hybridized carbons (Fsp3) is 0.0714. The quantitative estimate of drug-likeness (QED) is 0.164. The highest BCUT2D eigenvalue weighted by atomic mass is 32.1. The van der Waals surface area contributed by atoms with Gasteiger partial charge in [0.2, 0.25) is 0 Å². The summed E-state index contributed by atoms with van der Waals surface area (Å²) in [5.41, 5.74) is 5.06. The molecule has 0 N–H and O–H groups in total. The standard InChI is InChI=1S/C28H22FNO3S/c1-32-17-24(28(31)33-2)23-11-7-6-10-22(23)16-25(29)27-30-26(18-34-27)21-14-12-20(13-15-21)19-8-4-3-5-9-19/h3-18H,1-2H3. The van der Waals surface area contributed by atoms with Crippen LogP contribution in [0.5, 0.6) is 0 Å². The van der Waals surface area contributed by atoms with Gasteiger partial charge in [0.05, 0.1) is 26.2 Å². The van der Waals surface area contributed by atoms with E-state index in [0.29, 0.717) is 16.8 Å². The molecule has 0 saturated heterocycles. The van der Waals surface area contributed by atoms with E-state index in [1.807, 2.05) is 47.8 Å². The minimum Gasteiger partial charge on any atom is -0.503 e. The third kappa shape index (κ3) is 5.13. The molecule has 4 aromatic rings. The average molecular weight is 472 g/mol. The van der Waals surface area contributed by atoms with Gasteiger partial charge in [0.25, 0.3) is 0 Å². The van der Waals surface area contributed by atoms with Gasteiger partial charge in [-0.05, 0) is 28.3 Å². The zero-order valence-electron chi connectivity index (χ0n) is 18.7. The third-order valence-corrected chi connectivity index (χ3v) is 6.02. The van der Waals surface area contributed by atoms with E-state index in [1.54, 1.807) is 24.3 Å². The number of rotatable bonds is 7.